The fourth-order valence-corrected chi connectivity index (χ4v) is 3.23. The van der Waals surface area contributed by atoms with Crippen molar-refractivity contribution in [3.63, 3.8) is 0 Å². The van der Waals surface area contributed by atoms with Gasteiger partial charge < -0.3 is 0 Å². The molecule has 2 heterocycles. The van der Waals surface area contributed by atoms with Crippen LogP contribution in [0.2, 0.25) is 0 Å². The number of aromatic nitrogens is 2. The van der Waals surface area contributed by atoms with Crippen molar-refractivity contribution in [2.75, 3.05) is 0 Å². The minimum absolute atomic E-state index is 0.739. The van der Waals surface area contributed by atoms with Gasteiger partial charge in [0.15, 0.2) is 6.54 Å². The van der Waals surface area contributed by atoms with Gasteiger partial charge >= 0.3 is 0 Å². The number of fused-ring (bicyclic) bond motifs is 5. The first-order valence-electron chi connectivity index (χ1n) is 6.74. The van der Waals surface area contributed by atoms with Crippen LogP contribution in [0.3, 0.4) is 0 Å². The molecule has 0 saturated carbocycles. The van der Waals surface area contributed by atoms with Crippen LogP contribution >= 0.6 is 0 Å². The van der Waals surface area contributed by atoms with Crippen molar-refractivity contribution in [3.05, 3.63) is 58.8 Å². The van der Waals surface area contributed by atoms with Crippen molar-refractivity contribution in [2.45, 2.75) is 20.4 Å². The van der Waals surface area contributed by atoms with Crippen molar-refractivity contribution in [2.24, 2.45) is 0 Å². The molecule has 0 fully saturated rings. The number of nitriles is 1. The Morgan fingerprint density at radius 1 is 1.25 bits per heavy atom. The first kappa shape index (κ1) is 11.2. The Balaban J connectivity index is 2.12. The van der Waals surface area contributed by atoms with Gasteiger partial charge in [0.1, 0.15) is 17.3 Å². The molecular weight excluding hydrogens is 246 g/mol. The van der Waals surface area contributed by atoms with Crippen LogP contribution in [-0.2, 0) is 6.54 Å². The summed E-state index contributed by atoms with van der Waals surface area (Å²) in [5, 5.41) is 10.3. The normalized spacial score (nSPS) is 12.2. The lowest BCUT2D eigenvalue weighted by molar-refractivity contribution is -0.749. The number of benzene rings is 2. The minimum Gasteiger partial charge on any atom is -0.192 e. The summed E-state index contributed by atoms with van der Waals surface area (Å²) in [4.78, 5) is 0. The van der Waals surface area contributed by atoms with E-state index >= 15 is 0 Å². The topological polar surface area (TPSA) is 32.6 Å². The van der Waals surface area contributed by atoms with Crippen molar-refractivity contribution in [3.8, 4) is 11.8 Å². The third-order valence-electron chi connectivity index (χ3n) is 4.11. The van der Waals surface area contributed by atoms with Crippen LogP contribution in [0.1, 0.15) is 22.3 Å². The first-order valence-corrected chi connectivity index (χ1v) is 6.74. The fourth-order valence-electron chi connectivity index (χ4n) is 3.23. The fraction of sp³-hybridized carbons (Fsp3) is 0.176. The lowest BCUT2D eigenvalue weighted by Gasteiger charge is -2.03. The number of hydrogen-bond donors (Lipinski definition) is 0. The van der Waals surface area contributed by atoms with Gasteiger partial charge in [0.2, 0.25) is 6.20 Å². The van der Waals surface area contributed by atoms with Crippen molar-refractivity contribution in [1.29, 1.82) is 5.26 Å². The molecule has 96 valence electrons. The van der Waals surface area contributed by atoms with E-state index in [0.717, 1.165) is 23.0 Å². The maximum absolute atomic E-state index is 9.24. The highest BCUT2D eigenvalue weighted by atomic mass is 15.4. The molecule has 3 heteroatoms. The van der Waals surface area contributed by atoms with E-state index in [1.54, 1.807) is 0 Å². The molecule has 1 aliphatic rings. The SMILES string of the molecule is Cc1cc(C)c2c(c1)-n1c3cccc(C#N)c3c[n+]1C2. The Kier molecular flexibility index (Phi) is 2.08. The highest BCUT2D eigenvalue weighted by Gasteiger charge is 2.30. The second-order valence-corrected chi connectivity index (χ2v) is 5.47. The van der Waals surface area contributed by atoms with Crippen LogP contribution in [-0.4, -0.2) is 4.68 Å². The van der Waals surface area contributed by atoms with E-state index in [2.05, 4.69) is 53.7 Å². The summed E-state index contributed by atoms with van der Waals surface area (Å²) in [7, 11) is 0. The van der Waals surface area contributed by atoms with E-state index < -0.39 is 0 Å². The van der Waals surface area contributed by atoms with Gasteiger partial charge in [0.05, 0.1) is 16.5 Å². The number of nitrogens with zero attached hydrogens (tertiary/aromatic N) is 3. The van der Waals surface area contributed by atoms with Crippen molar-refractivity contribution < 1.29 is 4.68 Å². The third kappa shape index (κ3) is 1.31. The predicted molar refractivity (Wildman–Crippen MR) is 76.8 cm³/mol. The van der Waals surface area contributed by atoms with Crippen LogP contribution < -0.4 is 4.68 Å². The quantitative estimate of drug-likeness (QED) is 0.447. The molecular formula is C17H14N3+. The average molecular weight is 260 g/mol. The van der Waals surface area contributed by atoms with E-state index in [1.165, 1.54) is 22.4 Å². The summed E-state index contributed by atoms with van der Waals surface area (Å²) in [5.41, 5.74) is 7.07. The van der Waals surface area contributed by atoms with Crippen LogP contribution in [0.15, 0.2) is 36.5 Å². The van der Waals surface area contributed by atoms with Gasteiger partial charge in [-0.05, 0) is 43.2 Å². The van der Waals surface area contributed by atoms with Gasteiger partial charge in [-0.1, -0.05) is 12.1 Å². The highest BCUT2D eigenvalue weighted by molar-refractivity contribution is 5.85. The molecule has 0 amide bonds. The molecule has 3 aromatic rings. The highest BCUT2D eigenvalue weighted by Crippen LogP contribution is 2.29. The maximum Gasteiger partial charge on any atom is 0.205 e. The molecule has 0 atom stereocenters. The smallest absolute Gasteiger partial charge is 0.192 e. The molecule has 1 aromatic heterocycles. The first-order chi connectivity index (χ1) is 9.69. The standard InChI is InChI=1S/C17H14N3/c1-11-6-12(2)14-9-19-10-15-13(8-18)4-3-5-16(15)20(19)17(14)7-11/h3-7,10H,9H2,1-2H3/q+1. The summed E-state index contributed by atoms with van der Waals surface area (Å²) < 4.78 is 4.42. The summed E-state index contributed by atoms with van der Waals surface area (Å²) in [5.74, 6) is 0. The van der Waals surface area contributed by atoms with Crippen LogP contribution in [0.5, 0.6) is 0 Å². The molecule has 20 heavy (non-hydrogen) atoms. The molecule has 0 unspecified atom stereocenters. The molecule has 2 aromatic carbocycles. The second kappa shape index (κ2) is 3.71. The third-order valence-corrected chi connectivity index (χ3v) is 4.11. The van der Waals surface area contributed by atoms with Gasteiger partial charge in [-0.25, -0.2) is 0 Å². The molecule has 1 aliphatic heterocycles. The second-order valence-electron chi connectivity index (χ2n) is 5.47. The minimum atomic E-state index is 0.739. The van der Waals surface area contributed by atoms with Gasteiger partial charge in [-0.3, -0.25) is 0 Å². The van der Waals surface area contributed by atoms with E-state index in [9.17, 15) is 5.26 Å². The van der Waals surface area contributed by atoms with Crippen LogP contribution in [0.25, 0.3) is 16.6 Å². The van der Waals surface area contributed by atoms with E-state index in [-0.39, 0.29) is 0 Å². The monoisotopic (exact) mass is 260 g/mol. The lowest BCUT2D eigenvalue weighted by Crippen LogP contribution is -2.36. The molecule has 3 nitrogen and oxygen atoms in total. The Morgan fingerprint density at radius 3 is 2.90 bits per heavy atom. The molecule has 0 aliphatic carbocycles. The Bertz CT molecular complexity index is 910. The molecule has 0 radical (unpaired) electrons. The van der Waals surface area contributed by atoms with Crippen molar-refractivity contribution >= 4 is 10.9 Å². The zero-order chi connectivity index (χ0) is 13.9. The molecule has 0 saturated heterocycles. The van der Waals surface area contributed by atoms with Crippen molar-refractivity contribution in [1.82, 2.24) is 4.68 Å². The van der Waals surface area contributed by atoms with Gasteiger partial charge in [-0.2, -0.15) is 5.26 Å². The Hall–Kier alpha value is -2.60. The van der Waals surface area contributed by atoms with E-state index in [0.29, 0.717) is 0 Å². The number of rotatable bonds is 0. The molecule has 4 rings (SSSR count). The molecule has 0 bridgehead atoms. The maximum atomic E-state index is 9.24. The van der Waals surface area contributed by atoms with Gasteiger partial charge in [0, 0.05) is 0 Å². The summed E-state index contributed by atoms with van der Waals surface area (Å²) in [6.07, 6.45) is 2.09. The Morgan fingerprint density at radius 2 is 2.10 bits per heavy atom. The largest absolute Gasteiger partial charge is 0.205 e. The van der Waals surface area contributed by atoms with Crippen LogP contribution in [0.4, 0.5) is 0 Å². The zero-order valence-electron chi connectivity index (χ0n) is 11.5. The van der Waals surface area contributed by atoms with E-state index in [1.807, 2.05) is 12.1 Å². The van der Waals surface area contributed by atoms with Gasteiger partial charge in [-0.15, -0.1) is 9.36 Å². The summed E-state index contributed by atoms with van der Waals surface area (Å²) in [6.45, 7) is 5.17. The Labute approximate surface area is 117 Å². The molecule has 0 N–H and O–H groups in total. The van der Waals surface area contributed by atoms with Gasteiger partial charge in [0.25, 0.3) is 0 Å². The van der Waals surface area contributed by atoms with Crippen LogP contribution in [0, 0.1) is 25.2 Å². The zero-order valence-corrected chi connectivity index (χ0v) is 11.5. The lowest BCUT2D eigenvalue weighted by atomic mass is 10.0. The molecule has 0 spiro atoms. The number of hydrogen-bond acceptors (Lipinski definition) is 1. The number of aryl methyl sites for hydroxylation is 2. The summed E-state index contributed by atoms with van der Waals surface area (Å²) in [6, 6.07) is 12.6. The summed E-state index contributed by atoms with van der Waals surface area (Å²) >= 11 is 0. The van der Waals surface area contributed by atoms with E-state index in [4.69, 9.17) is 0 Å². The predicted octanol–water partition coefficient (Wildman–Crippen LogP) is 2.77. The average Bonchev–Trinajstić information content (AvgIpc) is 2.95.